The van der Waals surface area contributed by atoms with Crippen LogP contribution in [0.15, 0.2) is 24.7 Å². The van der Waals surface area contributed by atoms with E-state index in [1.807, 2.05) is 0 Å². The van der Waals surface area contributed by atoms with E-state index in [2.05, 4.69) is 30.0 Å². The van der Waals surface area contributed by atoms with Crippen molar-refractivity contribution < 1.29 is 35.9 Å². The van der Waals surface area contributed by atoms with Crippen LogP contribution in [-0.2, 0) is 16.9 Å². The Morgan fingerprint density at radius 2 is 1.83 bits per heavy atom. The summed E-state index contributed by atoms with van der Waals surface area (Å²) in [6, 6.07) is 1.44. The van der Waals surface area contributed by atoms with Gasteiger partial charge < -0.3 is 19.4 Å². The van der Waals surface area contributed by atoms with E-state index in [0.29, 0.717) is 23.9 Å². The number of hydrogen-bond donors (Lipinski definition) is 1. The molecule has 11 nitrogen and oxygen atoms in total. The Morgan fingerprint density at radius 1 is 1.17 bits per heavy atom. The molecule has 0 bridgehead atoms. The maximum absolute atomic E-state index is 12.9. The van der Waals surface area contributed by atoms with E-state index in [1.165, 1.54) is 23.0 Å². The third-order valence-electron chi connectivity index (χ3n) is 5.50. The molecule has 0 unspecified atom stereocenters. The highest BCUT2D eigenvalue weighted by Gasteiger charge is 2.35. The molecule has 1 amide bonds. The second kappa shape index (κ2) is 8.94. The Hall–Kier alpha value is -3.49. The number of aromatic nitrogens is 5. The minimum Gasteiger partial charge on any atom is -0.464 e. The van der Waals surface area contributed by atoms with Crippen molar-refractivity contribution >= 4 is 26.8 Å². The second-order valence-corrected chi connectivity index (χ2v) is 10.6. The number of sulfone groups is 1. The number of halogens is 3. The number of nitrogens with one attached hydrogen (secondary N) is 1. The van der Waals surface area contributed by atoms with Crippen LogP contribution >= 0.6 is 0 Å². The average molecular weight is 514 g/mol. The van der Waals surface area contributed by atoms with Crippen LogP contribution < -0.4 is 14.8 Å². The van der Waals surface area contributed by atoms with Crippen LogP contribution in [0.25, 0.3) is 11.0 Å². The lowest BCUT2D eigenvalue weighted by atomic mass is 9.95. The van der Waals surface area contributed by atoms with E-state index in [0.717, 1.165) is 6.20 Å². The molecule has 15 heteroatoms. The first-order valence-electron chi connectivity index (χ1n) is 10.4. The van der Waals surface area contributed by atoms with Gasteiger partial charge in [0.1, 0.15) is 15.4 Å². The molecule has 0 atom stereocenters. The monoisotopic (exact) mass is 514 g/mol. The summed E-state index contributed by atoms with van der Waals surface area (Å²) in [7, 11) is -1.50. The molecule has 1 saturated heterocycles. The highest BCUT2D eigenvalue weighted by molar-refractivity contribution is 7.91. The number of nitrogens with zero attached hydrogens (tertiary/aromatic N) is 5. The van der Waals surface area contributed by atoms with Crippen LogP contribution in [0.1, 0.15) is 30.4 Å². The number of alkyl halides is 3. The van der Waals surface area contributed by atoms with E-state index >= 15 is 0 Å². The van der Waals surface area contributed by atoms with Crippen LogP contribution in [0.4, 0.5) is 13.2 Å². The van der Waals surface area contributed by atoms with Gasteiger partial charge in [-0.05, 0) is 19.8 Å². The van der Waals surface area contributed by atoms with Gasteiger partial charge in [-0.15, -0.1) is 0 Å². The van der Waals surface area contributed by atoms with Gasteiger partial charge in [-0.2, -0.15) is 13.2 Å². The molecule has 0 aliphatic carbocycles. The van der Waals surface area contributed by atoms with Crippen LogP contribution in [0, 0.1) is 0 Å². The average Bonchev–Trinajstić information content (AvgIpc) is 3.11. The fourth-order valence-corrected chi connectivity index (χ4v) is 5.24. The van der Waals surface area contributed by atoms with Crippen molar-refractivity contribution in [3.8, 4) is 17.6 Å². The molecule has 35 heavy (non-hydrogen) atoms. The van der Waals surface area contributed by atoms with Crippen molar-refractivity contribution in [2.24, 2.45) is 7.05 Å². The standard InChI is InChI=1S/C20H21F3N6O5S/c1-19(3-7-35(31,32)8-4-19)28-16(30)15-27-12-10-26-14(9-13(12)29(15)2)34-18-17(24-5-6-25-18)33-11-20(21,22)23/h5-6,9-10H,3-4,7-8,11H2,1-2H3,(H,28,30). The van der Waals surface area contributed by atoms with E-state index in [4.69, 9.17) is 4.74 Å². The first-order valence-corrected chi connectivity index (χ1v) is 12.2. The van der Waals surface area contributed by atoms with Gasteiger partial charge in [0.2, 0.25) is 5.88 Å². The van der Waals surface area contributed by atoms with Gasteiger partial charge in [-0.25, -0.2) is 28.4 Å². The number of amides is 1. The van der Waals surface area contributed by atoms with Crippen molar-refractivity contribution in [3.05, 3.63) is 30.5 Å². The van der Waals surface area contributed by atoms with E-state index < -0.39 is 39.9 Å². The van der Waals surface area contributed by atoms with E-state index in [1.54, 1.807) is 14.0 Å². The third kappa shape index (κ3) is 5.78. The number of aryl methyl sites for hydroxylation is 1. The quantitative estimate of drug-likeness (QED) is 0.524. The number of ether oxygens (including phenoxy) is 2. The van der Waals surface area contributed by atoms with Gasteiger partial charge in [0.15, 0.2) is 12.4 Å². The Labute approximate surface area is 197 Å². The molecule has 188 valence electrons. The van der Waals surface area contributed by atoms with Crippen LogP contribution in [0.5, 0.6) is 17.6 Å². The van der Waals surface area contributed by atoms with Gasteiger partial charge in [0.25, 0.3) is 17.7 Å². The zero-order valence-corrected chi connectivity index (χ0v) is 19.5. The maximum atomic E-state index is 12.9. The van der Waals surface area contributed by atoms with Crippen LogP contribution in [-0.4, -0.2) is 68.7 Å². The molecule has 1 aliphatic heterocycles. The molecule has 1 aliphatic rings. The number of carbonyl (C=O) groups is 1. The van der Waals surface area contributed by atoms with Crippen LogP contribution in [0.3, 0.4) is 0 Å². The fraction of sp³-hybridized carbons (Fsp3) is 0.450. The molecule has 0 aromatic carbocycles. The Bertz CT molecular complexity index is 1360. The molecule has 4 rings (SSSR count). The van der Waals surface area contributed by atoms with E-state index in [9.17, 15) is 26.4 Å². The Morgan fingerprint density at radius 3 is 2.49 bits per heavy atom. The number of hydrogen-bond acceptors (Lipinski definition) is 9. The molecule has 3 aromatic rings. The van der Waals surface area contributed by atoms with Crippen molar-refractivity contribution in [2.45, 2.75) is 31.5 Å². The lowest BCUT2D eigenvalue weighted by Gasteiger charge is -2.34. The number of fused-ring (bicyclic) bond motifs is 1. The Kier molecular flexibility index (Phi) is 6.29. The summed E-state index contributed by atoms with van der Waals surface area (Å²) < 4.78 is 72.6. The molecular formula is C20H21F3N6O5S. The van der Waals surface area contributed by atoms with Gasteiger partial charge >= 0.3 is 6.18 Å². The lowest BCUT2D eigenvalue weighted by Crippen LogP contribution is -2.51. The molecule has 0 spiro atoms. The van der Waals surface area contributed by atoms with Crippen molar-refractivity contribution in [2.75, 3.05) is 18.1 Å². The van der Waals surface area contributed by atoms with Crippen molar-refractivity contribution in [1.82, 2.24) is 29.8 Å². The summed E-state index contributed by atoms with van der Waals surface area (Å²) >= 11 is 0. The summed E-state index contributed by atoms with van der Waals surface area (Å²) in [4.78, 5) is 28.8. The SMILES string of the molecule is Cn1c(C(=O)NC2(C)CCS(=O)(=O)CC2)nc2cnc(Oc3nccnc3OCC(F)(F)F)cc21. The highest BCUT2D eigenvalue weighted by Crippen LogP contribution is 2.29. The molecular weight excluding hydrogens is 493 g/mol. The van der Waals surface area contributed by atoms with Gasteiger partial charge in [0, 0.05) is 31.0 Å². The first kappa shape index (κ1) is 24.6. The molecule has 1 fully saturated rings. The summed E-state index contributed by atoms with van der Waals surface area (Å²) in [5.41, 5.74) is 0.138. The minimum absolute atomic E-state index is 0.00596. The highest BCUT2D eigenvalue weighted by atomic mass is 32.2. The second-order valence-electron chi connectivity index (χ2n) is 8.34. The smallest absolute Gasteiger partial charge is 0.422 e. The fourth-order valence-electron chi connectivity index (χ4n) is 3.51. The first-order chi connectivity index (χ1) is 16.3. The van der Waals surface area contributed by atoms with Crippen molar-refractivity contribution in [3.63, 3.8) is 0 Å². The largest absolute Gasteiger partial charge is 0.464 e. The molecule has 4 heterocycles. The normalized spacial score (nSPS) is 17.2. The maximum Gasteiger partial charge on any atom is 0.422 e. The van der Waals surface area contributed by atoms with Gasteiger partial charge in [0.05, 0.1) is 23.2 Å². The summed E-state index contributed by atoms with van der Waals surface area (Å²) in [5, 5.41) is 2.87. The number of rotatable bonds is 6. The summed E-state index contributed by atoms with van der Waals surface area (Å²) in [6.07, 6.45) is -0.270. The molecule has 3 aromatic heterocycles. The van der Waals surface area contributed by atoms with E-state index in [-0.39, 0.29) is 29.1 Å². The van der Waals surface area contributed by atoms with Crippen LogP contribution in [0.2, 0.25) is 0 Å². The molecule has 0 saturated carbocycles. The predicted octanol–water partition coefficient (Wildman–Crippen LogP) is 2.19. The number of carbonyl (C=O) groups excluding carboxylic acids is 1. The number of pyridine rings is 1. The third-order valence-corrected chi connectivity index (χ3v) is 7.15. The zero-order valence-electron chi connectivity index (χ0n) is 18.7. The molecule has 0 radical (unpaired) electrons. The predicted molar refractivity (Wildman–Crippen MR) is 116 cm³/mol. The van der Waals surface area contributed by atoms with Gasteiger partial charge in [-0.1, -0.05) is 0 Å². The summed E-state index contributed by atoms with van der Waals surface area (Å²) in [5.74, 6) is -1.23. The topological polar surface area (TPSA) is 138 Å². The lowest BCUT2D eigenvalue weighted by molar-refractivity contribution is -0.154. The molecule has 1 N–H and O–H groups in total. The Balaban J connectivity index is 1.54. The zero-order chi connectivity index (χ0) is 25.4. The van der Waals surface area contributed by atoms with Crippen molar-refractivity contribution in [1.29, 1.82) is 0 Å². The number of imidazole rings is 1. The minimum atomic E-state index is -4.57. The van der Waals surface area contributed by atoms with Gasteiger partial charge in [-0.3, -0.25) is 4.79 Å². The summed E-state index contributed by atoms with van der Waals surface area (Å²) in [6.45, 7) is 0.217.